The zero-order chi connectivity index (χ0) is 21.0. The fraction of sp³-hybridized carbons (Fsp3) is 0.381. The maximum absolute atomic E-state index is 12.9. The Morgan fingerprint density at radius 3 is 2.28 bits per heavy atom. The number of amides is 1. The van der Waals surface area contributed by atoms with Crippen LogP contribution < -0.4 is 19.5 Å². The predicted molar refractivity (Wildman–Crippen MR) is 110 cm³/mol. The van der Waals surface area contributed by atoms with Crippen molar-refractivity contribution >= 4 is 15.9 Å². The number of ether oxygens (including phenoxy) is 2. The Labute approximate surface area is 171 Å². The highest BCUT2D eigenvalue weighted by Gasteiger charge is 2.25. The van der Waals surface area contributed by atoms with Crippen LogP contribution in [0.25, 0.3) is 0 Å². The zero-order valence-corrected chi connectivity index (χ0v) is 17.6. The van der Waals surface area contributed by atoms with E-state index in [9.17, 15) is 13.2 Å². The van der Waals surface area contributed by atoms with Crippen molar-refractivity contribution in [2.45, 2.75) is 31.2 Å². The van der Waals surface area contributed by atoms with Gasteiger partial charge in [-0.05, 0) is 47.9 Å². The number of carbonyl (C=O) groups is 1. The van der Waals surface area contributed by atoms with Gasteiger partial charge in [0.15, 0.2) is 11.5 Å². The summed E-state index contributed by atoms with van der Waals surface area (Å²) in [6.07, 6.45) is 0.802. The number of carbonyl (C=O) groups excluding carboxylic acids is 1. The largest absolute Gasteiger partial charge is 0.490 e. The molecule has 3 rings (SSSR count). The van der Waals surface area contributed by atoms with Gasteiger partial charge in [0.25, 0.3) is 5.91 Å². The maximum atomic E-state index is 12.9. The first-order chi connectivity index (χ1) is 13.8. The number of benzene rings is 2. The lowest BCUT2D eigenvalue weighted by Crippen LogP contribution is -2.32. The van der Waals surface area contributed by atoms with Crippen LogP contribution in [0.1, 0.15) is 42.2 Å². The molecule has 0 saturated carbocycles. The van der Waals surface area contributed by atoms with Gasteiger partial charge in [0.2, 0.25) is 10.0 Å². The third-order valence-corrected chi connectivity index (χ3v) is 6.19. The minimum atomic E-state index is -3.78. The van der Waals surface area contributed by atoms with Crippen LogP contribution in [0.5, 0.6) is 11.5 Å². The van der Waals surface area contributed by atoms with Crippen molar-refractivity contribution in [2.75, 3.05) is 20.3 Å². The van der Waals surface area contributed by atoms with E-state index >= 15 is 0 Å². The quantitative estimate of drug-likeness (QED) is 0.752. The third-order valence-electron chi connectivity index (χ3n) is 4.73. The molecular weight excluding hydrogens is 392 g/mol. The van der Waals surface area contributed by atoms with Gasteiger partial charge in [-0.3, -0.25) is 4.79 Å². The van der Waals surface area contributed by atoms with Crippen molar-refractivity contribution in [3.63, 3.8) is 0 Å². The monoisotopic (exact) mass is 418 g/mol. The Morgan fingerprint density at radius 2 is 1.66 bits per heavy atom. The highest BCUT2D eigenvalue weighted by molar-refractivity contribution is 7.89. The van der Waals surface area contributed by atoms with E-state index in [1.807, 2.05) is 32.0 Å². The molecule has 1 aliphatic rings. The van der Waals surface area contributed by atoms with Crippen molar-refractivity contribution in [3.05, 3.63) is 53.6 Å². The van der Waals surface area contributed by atoms with Crippen LogP contribution in [0.3, 0.4) is 0 Å². The molecule has 0 radical (unpaired) electrons. The number of hydrogen-bond donors (Lipinski definition) is 2. The number of fused-ring (bicyclic) bond motifs is 1. The summed E-state index contributed by atoms with van der Waals surface area (Å²) in [5.41, 5.74) is 1.20. The lowest BCUT2D eigenvalue weighted by molar-refractivity contribution is 0.0963. The number of rotatable bonds is 6. The molecule has 29 heavy (non-hydrogen) atoms. The van der Waals surface area contributed by atoms with Crippen LogP contribution in [0.15, 0.2) is 47.4 Å². The molecule has 1 amide bonds. The summed E-state index contributed by atoms with van der Waals surface area (Å²) < 4.78 is 40.1. The Morgan fingerprint density at radius 1 is 1.00 bits per heavy atom. The van der Waals surface area contributed by atoms with Crippen molar-refractivity contribution in [1.29, 1.82) is 0 Å². The lowest BCUT2D eigenvalue weighted by atomic mass is 9.97. The van der Waals surface area contributed by atoms with Gasteiger partial charge in [-0.1, -0.05) is 19.9 Å². The highest BCUT2D eigenvalue weighted by Crippen LogP contribution is 2.34. The molecule has 2 aromatic rings. The van der Waals surface area contributed by atoms with Gasteiger partial charge in [-0.25, -0.2) is 13.1 Å². The second kappa shape index (κ2) is 8.84. The summed E-state index contributed by atoms with van der Waals surface area (Å²) in [6.45, 7) is 5.06. The zero-order valence-electron chi connectivity index (χ0n) is 16.8. The Bertz CT molecular complexity index is 971. The Balaban J connectivity index is 1.86. The van der Waals surface area contributed by atoms with Crippen molar-refractivity contribution < 1.29 is 22.7 Å². The van der Waals surface area contributed by atoms with E-state index in [1.165, 1.54) is 31.3 Å². The first-order valence-electron chi connectivity index (χ1n) is 9.56. The minimum Gasteiger partial charge on any atom is -0.490 e. The fourth-order valence-corrected chi connectivity index (χ4v) is 4.50. The molecule has 2 aromatic carbocycles. The molecule has 0 aliphatic carbocycles. The van der Waals surface area contributed by atoms with Gasteiger partial charge >= 0.3 is 0 Å². The van der Waals surface area contributed by atoms with Crippen LogP contribution in [0.4, 0.5) is 0 Å². The maximum Gasteiger partial charge on any atom is 0.251 e. The summed E-state index contributed by atoms with van der Waals surface area (Å²) in [5, 5.41) is 2.51. The third kappa shape index (κ3) is 4.89. The van der Waals surface area contributed by atoms with E-state index in [0.717, 1.165) is 12.0 Å². The molecule has 0 unspecified atom stereocenters. The van der Waals surface area contributed by atoms with Crippen LogP contribution in [0, 0.1) is 5.92 Å². The van der Waals surface area contributed by atoms with Crippen LogP contribution in [0.2, 0.25) is 0 Å². The molecule has 8 heteroatoms. The van der Waals surface area contributed by atoms with E-state index in [1.54, 1.807) is 0 Å². The number of nitrogens with one attached hydrogen (secondary N) is 2. The van der Waals surface area contributed by atoms with Gasteiger partial charge in [-0.2, -0.15) is 0 Å². The minimum absolute atomic E-state index is 0.000311. The molecule has 2 N–H and O–H groups in total. The number of sulfonamides is 1. The molecule has 0 spiro atoms. The topological polar surface area (TPSA) is 93.7 Å². The molecule has 0 fully saturated rings. The Kier molecular flexibility index (Phi) is 6.44. The van der Waals surface area contributed by atoms with E-state index in [0.29, 0.717) is 30.3 Å². The molecule has 156 valence electrons. The standard InChI is InChI=1S/C21H26N2O5S/c1-14(2)20(16-7-10-18-19(13-16)28-12-4-11-27-18)23-29(25,26)17-8-5-15(6-9-17)21(24)22-3/h5-10,13-14,20,23H,4,11-12H2,1-3H3,(H,22,24)/t20-/m0/s1. The normalized spacial score (nSPS) is 14.9. The van der Waals surface area contributed by atoms with Crippen molar-refractivity contribution in [1.82, 2.24) is 10.0 Å². The predicted octanol–water partition coefficient (Wildman–Crippen LogP) is 2.88. The average molecular weight is 419 g/mol. The first-order valence-corrected chi connectivity index (χ1v) is 11.0. The molecular formula is C21H26N2O5S. The van der Waals surface area contributed by atoms with Gasteiger partial charge in [0.1, 0.15) is 0 Å². The van der Waals surface area contributed by atoms with E-state index < -0.39 is 16.1 Å². The average Bonchev–Trinajstić information content (AvgIpc) is 2.96. The summed E-state index contributed by atoms with van der Waals surface area (Å²) in [5.74, 6) is 1.02. The van der Waals surface area contributed by atoms with E-state index in [4.69, 9.17) is 9.47 Å². The molecule has 7 nitrogen and oxygen atoms in total. The second-order valence-corrected chi connectivity index (χ2v) is 8.92. The summed E-state index contributed by atoms with van der Waals surface area (Å²) in [4.78, 5) is 11.8. The molecule has 0 saturated heterocycles. The van der Waals surface area contributed by atoms with Crippen molar-refractivity contribution in [3.8, 4) is 11.5 Å². The Hall–Kier alpha value is -2.58. The molecule has 1 aliphatic heterocycles. The van der Waals surface area contributed by atoms with Gasteiger partial charge in [-0.15, -0.1) is 0 Å². The fourth-order valence-electron chi connectivity index (χ4n) is 3.13. The van der Waals surface area contributed by atoms with Crippen LogP contribution in [-0.4, -0.2) is 34.6 Å². The SMILES string of the molecule is CNC(=O)c1ccc(S(=O)(=O)N[C@H](c2ccc3c(c2)OCCCO3)C(C)C)cc1. The summed E-state index contributed by atoms with van der Waals surface area (Å²) in [6, 6.07) is 10.9. The van der Waals surface area contributed by atoms with E-state index in [2.05, 4.69) is 10.0 Å². The van der Waals surface area contributed by atoms with Gasteiger partial charge in [0.05, 0.1) is 18.1 Å². The summed E-state index contributed by atoms with van der Waals surface area (Å²) in [7, 11) is -2.26. The summed E-state index contributed by atoms with van der Waals surface area (Å²) >= 11 is 0. The lowest BCUT2D eigenvalue weighted by Gasteiger charge is -2.24. The first kappa shape index (κ1) is 21.1. The van der Waals surface area contributed by atoms with Crippen LogP contribution in [-0.2, 0) is 10.0 Å². The number of hydrogen-bond acceptors (Lipinski definition) is 5. The molecule has 1 atom stereocenters. The molecule has 1 heterocycles. The second-order valence-electron chi connectivity index (χ2n) is 7.20. The van der Waals surface area contributed by atoms with Gasteiger partial charge in [0, 0.05) is 25.1 Å². The highest BCUT2D eigenvalue weighted by atomic mass is 32.2. The molecule has 0 bridgehead atoms. The smallest absolute Gasteiger partial charge is 0.251 e. The van der Waals surface area contributed by atoms with E-state index in [-0.39, 0.29) is 16.7 Å². The molecule has 0 aromatic heterocycles. The van der Waals surface area contributed by atoms with Crippen LogP contribution >= 0.6 is 0 Å². The van der Waals surface area contributed by atoms with Gasteiger partial charge < -0.3 is 14.8 Å². The van der Waals surface area contributed by atoms with Crippen molar-refractivity contribution in [2.24, 2.45) is 5.92 Å².